The molecular formula is C15H26N2O3. The van der Waals surface area contributed by atoms with Gasteiger partial charge in [0.05, 0.1) is 11.6 Å². The lowest BCUT2D eigenvalue weighted by Crippen LogP contribution is -2.57. The molecule has 2 aliphatic heterocycles. The van der Waals surface area contributed by atoms with E-state index in [-0.39, 0.29) is 23.5 Å². The van der Waals surface area contributed by atoms with E-state index in [1.54, 1.807) is 0 Å². The summed E-state index contributed by atoms with van der Waals surface area (Å²) in [7, 11) is 0. The van der Waals surface area contributed by atoms with Gasteiger partial charge in [0.25, 0.3) is 0 Å². The minimum absolute atomic E-state index is 0.0133. The van der Waals surface area contributed by atoms with Crippen molar-refractivity contribution in [2.45, 2.75) is 64.6 Å². The third-order valence-electron chi connectivity index (χ3n) is 4.64. The predicted molar refractivity (Wildman–Crippen MR) is 76.2 cm³/mol. The topological polar surface area (TPSA) is 58.6 Å². The third-order valence-corrected chi connectivity index (χ3v) is 4.64. The third kappa shape index (κ3) is 2.82. The van der Waals surface area contributed by atoms with Crippen LogP contribution in [-0.4, -0.2) is 47.6 Å². The number of nitrogens with one attached hydrogen (secondary N) is 1. The Labute approximate surface area is 121 Å². The molecule has 0 spiro atoms. The van der Waals surface area contributed by atoms with Crippen LogP contribution >= 0.6 is 0 Å². The van der Waals surface area contributed by atoms with Crippen LogP contribution in [0.3, 0.4) is 0 Å². The van der Waals surface area contributed by atoms with Crippen molar-refractivity contribution < 1.29 is 14.3 Å². The maximum Gasteiger partial charge on any atom is 0.245 e. The van der Waals surface area contributed by atoms with E-state index in [0.29, 0.717) is 31.9 Å². The molecule has 0 radical (unpaired) electrons. The Kier molecular flexibility index (Phi) is 4.37. The molecule has 0 aromatic rings. The van der Waals surface area contributed by atoms with Crippen molar-refractivity contribution in [2.24, 2.45) is 5.92 Å². The highest BCUT2D eigenvalue weighted by molar-refractivity contribution is 5.90. The molecule has 2 aliphatic rings. The quantitative estimate of drug-likeness (QED) is 0.849. The average Bonchev–Trinajstić information content (AvgIpc) is 2.61. The number of amides is 2. The molecule has 2 heterocycles. The fraction of sp³-hybridized carbons (Fsp3) is 0.867. The van der Waals surface area contributed by atoms with Gasteiger partial charge in [0.1, 0.15) is 6.04 Å². The Bertz CT molecular complexity index is 397. The molecule has 5 nitrogen and oxygen atoms in total. The Morgan fingerprint density at radius 2 is 2.15 bits per heavy atom. The molecule has 114 valence electrons. The lowest BCUT2D eigenvalue weighted by atomic mass is 9.90. The molecule has 0 saturated carbocycles. The molecule has 2 amide bonds. The summed E-state index contributed by atoms with van der Waals surface area (Å²) in [5.41, 5.74) is -0.293. The number of carbonyl (C=O) groups is 2. The maximum absolute atomic E-state index is 12.8. The minimum atomic E-state index is -0.394. The number of nitrogens with zero attached hydrogens (tertiary/aromatic N) is 1. The van der Waals surface area contributed by atoms with Crippen LogP contribution in [0.2, 0.25) is 0 Å². The van der Waals surface area contributed by atoms with Gasteiger partial charge in [-0.2, -0.15) is 0 Å². The Morgan fingerprint density at radius 1 is 1.45 bits per heavy atom. The van der Waals surface area contributed by atoms with Crippen LogP contribution in [-0.2, 0) is 14.3 Å². The van der Waals surface area contributed by atoms with E-state index in [9.17, 15) is 9.59 Å². The van der Waals surface area contributed by atoms with Crippen molar-refractivity contribution >= 4 is 11.8 Å². The van der Waals surface area contributed by atoms with Gasteiger partial charge in [-0.15, -0.1) is 0 Å². The van der Waals surface area contributed by atoms with Gasteiger partial charge in [-0.05, 0) is 32.6 Å². The molecule has 0 aromatic heterocycles. The van der Waals surface area contributed by atoms with E-state index in [0.717, 1.165) is 6.42 Å². The molecule has 2 saturated heterocycles. The monoisotopic (exact) mass is 282 g/mol. The van der Waals surface area contributed by atoms with Crippen LogP contribution in [0.5, 0.6) is 0 Å². The maximum atomic E-state index is 12.8. The first-order chi connectivity index (χ1) is 9.34. The highest BCUT2D eigenvalue weighted by Gasteiger charge is 2.47. The smallest absolute Gasteiger partial charge is 0.245 e. The van der Waals surface area contributed by atoms with Crippen molar-refractivity contribution in [2.75, 3.05) is 13.2 Å². The van der Waals surface area contributed by atoms with Crippen molar-refractivity contribution in [3.8, 4) is 0 Å². The Morgan fingerprint density at radius 3 is 2.70 bits per heavy atom. The van der Waals surface area contributed by atoms with Gasteiger partial charge in [-0.3, -0.25) is 9.59 Å². The van der Waals surface area contributed by atoms with Crippen LogP contribution in [0.1, 0.15) is 47.0 Å². The molecule has 5 heteroatoms. The predicted octanol–water partition coefficient (Wildman–Crippen LogP) is 1.32. The van der Waals surface area contributed by atoms with Gasteiger partial charge in [-0.1, -0.05) is 13.8 Å². The zero-order valence-corrected chi connectivity index (χ0v) is 12.9. The summed E-state index contributed by atoms with van der Waals surface area (Å²) in [6.07, 6.45) is 1.91. The van der Waals surface area contributed by atoms with Gasteiger partial charge in [0.15, 0.2) is 0 Å². The van der Waals surface area contributed by atoms with Crippen LogP contribution in [0.4, 0.5) is 0 Å². The fourth-order valence-electron chi connectivity index (χ4n) is 3.16. The van der Waals surface area contributed by atoms with E-state index in [2.05, 4.69) is 26.1 Å². The highest BCUT2D eigenvalue weighted by Crippen LogP contribution is 2.33. The van der Waals surface area contributed by atoms with Gasteiger partial charge < -0.3 is 15.0 Å². The average molecular weight is 282 g/mol. The zero-order valence-electron chi connectivity index (χ0n) is 12.9. The first-order valence-electron chi connectivity index (χ1n) is 7.57. The zero-order chi connectivity index (χ0) is 14.9. The van der Waals surface area contributed by atoms with Gasteiger partial charge in [0.2, 0.25) is 11.8 Å². The van der Waals surface area contributed by atoms with Crippen LogP contribution in [0.25, 0.3) is 0 Å². The van der Waals surface area contributed by atoms with E-state index >= 15 is 0 Å². The number of hydrogen-bond donors (Lipinski definition) is 1. The molecular weight excluding hydrogens is 256 g/mol. The molecule has 1 N–H and O–H groups in total. The first kappa shape index (κ1) is 15.3. The number of hydrogen-bond acceptors (Lipinski definition) is 3. The van der Waals surface area contributed by atoms with Crippen molar-refractivity contribution in [1.82, 2.24) is 10.2 Å². The molecule has 0 aliphatic carbocycles. The van der Waals surface area contributed by atoms with Crippen molar-refractivity contribution in [3.05, 3.63) is 0 Å². The van der Waals surface area contributed by atoms with Crippen LogP contribution in [0, 0.1) is 5.92 Å². The molecule has 20 heavy (non-hydrogen) atoms. The number of carbonyl (C=O) groups excluding carboxylic acids is 2. The SMILES string of the molecule is CC(C)CC1NC(=O)CCN(C2(C)CCOC2C)C1=O. The fourth-order valence-corrected chi connectivity index (χ4v) is 3.16. The van der Waals surface area contributed by atoms with E-state index in [4.69, 9.17) is 4.74 Å². The molecule has 0 aromatic carbocycles. The molecule has 3 unspecified atom stereocenters. The van der Waals surface area contributed by atoms with E-state index < -0.39 is 6.04 Å². The lowest BCUT2D eigenvalue weighted by molar-refractivity contribution is -0.141. The van der Waals surface area contributed by atoms with Crippen molar-refractivity contribution in [3.63, 3.8) is 0 Å². The summed E-state index contributed by atoms with van der Waals surface area (Å²) >= 11 is 0. The van der Waals surface area contributed by atoms with E-state index in [1.165, 1.54) is 0 Å². The van der Waals surface area contributed by atoms with Gasteiger partial charge >= 0.3 is 0 Å². The lowest BCUT2D eigenvalue weighted by Gasteiger charge is -2.41. The minimum Gasteiger partial charge on any atom is -0.376 e. The summed E-state index contributed by atoms with van der Waals surface area (Å²) in [4.78, 5) is 26.6. The normalized spacial score (nSPS) is 35.4. The molecule has 2 rings (SSSR count). The molecule has 3 atom stereocenters. The summed E-state index contributed by atoms with van der Waals surface area (Å²) in [6.45, 7) is 9.39. The number of rotatable bonds is 3. The highest BCUT2D eigenvalue weighted by atomic mass is 16.5. The second kappa shape index (κ2) is 5.72. The van der Waals surface area contributed by atoms with Crippen molar-refractivity contribution in [1.29, 1.82) is 0 Å². The molecule has 0 bridgehead atoms. The summed E-state index contributed by atoms with van der Waals surface area (Å²) < 4.78 is 5.65. The number of ether oxygens (including phenoxy) is 1. The Balaban J connectivity index is 2.23. The van der Waals surface area contributed by atoms with Gasteiger partial charge in [-0.25, -0.2) is 0 Å². The van der Waals surface area contributed by atoms with E-state index in [1.807, 2.05) is 11.8 Å². The summed E-state index contributed by atoms with van der Waals surface area (Å²) in [6, 6.07) is -0.394. The Hall–Kier alpha value is -1.10. The van der Waals surface area contributed by atoms with Crippen LogP contribution < -0.4 is 5.32 Å². The summed E-state index contributed by atoms with van der Waals surface area (Å²) in [5.74, 6) is 0.389. The standard InChI is InChI=1S/C15H26N2O3/c1-10(2)9-12-14(19)17(7-5-13(18)16-12)15(4)6-8-20-11(15)3/h10-12H,5-9H2,1-4H3,(H,16,18). The first-order valence-corrected chi connectivity index (χ1v) is 7.57. The molecule has 2 fully saturated rings. The summed E-state index contributed by atoms with van der Waals surface area (Å²) in [5, 5.41) is 2.87. The largest absolute Gasteiger partial charge is 0.376 e. The van der Waals surface area contributed by atoms with Gasteiger partial charge in [0, 0.05) is 19.6 Å². The van der Waals surface area contributed by atoms with Crippen LogP contribution in [0.15, 0.2) is 0 Å². The second-order valence-electron chi connectivity index (χ2n) is 6.61. The second-order valence-corrected chi connectivity index (χ2v) is 6.61.